The van der Waals surface area contributed by atoms with Gasteiger partial charge in [-0.2, -0.15) is 0 Å². The first-order valence-electron chi connectivity index (χ1n) is 2.65. The molecule has 0 aromatic heterocycles. The second kappa shape index (κ2) is 7.14. The van der Waals surface area contributed by atoms with Crippen LogP contribution in [0.15, 0.2) is 0 Å². The molecule has 0 aliphatic carbocycles. The Bertz CT molecular complexity index is 82.3. The maximum absolute atomic E-state index is 9.50. The van der Waals surface area contributed by atoms with Crippen LogP contribution in [0.3, 0.4) is 0 Å². The Labute approximate surface area is 54.7 Å². The number of aldehydes is 1. The SMILES string of the molecule is CC(=O)O.CC(C)C=O. The van der Waals surface area contributed by atoms with Crippen molar-refractivity contribution in [1.29, 1.82) is 0 Å². The van der Waals surface area contributed by atoms with Crippen LogP contribution >= 0.6 is 0 Å². The minimum Gasteiger partial charge on any atom is -0.481 e. The summed E-state index contributed by atoms with van der Waals surface area (Å²) in [6.45, 7) is 4.79. The summed E-state index contributed by atoms with van der Waals surface area (Å²) < 4.78 is 0. The molecule has 0 spiro atoms. The molecule has 0 atom stereocenters. The zero-order chi connectivity index (χ0) is 7.86. The molecule has 9 heavy (non-hydrogen) atoms. The second-order valence-electron chi connectivity index (χ2n) is 1.90. The number of carbonyl (C=O) groups excluding carboxylic acids is 1. The number of hydrogen-bond donors (Lipinski definition) is 1. The third-order valence-corrected chi connectivity index (χ3v) is 0.272. The van der Waals surface area contributed by atoms with Gasteiger partial charge < -0.3 is 9.90 Å². The van der Waals surface area contributed by atoms with Gasteiger partial charge in [0.1, 0.15) is 6.29 Å². The van der Waals surface area contributed by atoms with Crippen LogP contribution in [0.25, 0.3) is 0 Å². The van der Waals surface area contributed by atoms with Gasteiger partial charge in [-0.15, -0.1) is 0 Å². The summed E-state index contributed by atoms with van der Waals surface area (Å²) in [5, 5.41) is 7.42. The lowest BCUT2D eigenvalue weighted by Crippen LogP contribution is -1.82. The molecule has 1 N–H and O–H groups in total. The van der Waals surface area contributed by atoms with Gasteiger partial charge in [-0.25, -0.2) is 0 Å². The predicted molar refractivity (Wildman–Crippen MR) is 34.2 cm³/mol. The molecule has 3 nitrogen and oxygen atoms in total. The predicted octanol–water partition coefficient (Wildman–Crippen LogP) is 0.932. The minimum atomic E-state index is -0.833. The fourth-order valence-corrected chi connectivity index (χ4v) is 0. The first-order valence-corrected chi connectivity index (χ1v) is 2.65. The molecule has 3 heteroatoms. The molecular weight excluding hydrogens is 120 g/mol. The zero-order valence-corrected chi connectivity index (χ0v) is 5.92. The van der Waals surface area contributed by atoms with E-state index in [9.17, 15) is 4.79 Å². The van der Waals surface area contributed by atoms with Gasteiger partial charge in [0, 0.05) is 12.8 Å². The fraction of sp³-hybridized carbons (Fsp3) is 0.667. The quantitative estimate of drug-likeness (QED) is 0.540. The molecule has 0 saturated carbocycles. The Hall–Kier alpha value is -0.860. The first-order chi connectivity index (χ1) is 4.00. The van der Waals surface area contributed by atoms with Crippen molar-refractivity contribution in [2.45, 2.75) is 20.8 Å². The maximum atomic E-state index is 9.50. The maximum Gasteiger partial charge on any atom is 0.300 e. The van der Waals surface area contributed by atoms with Crippen molar-refractivity contribution in [3.8, 4) is 0 Å². The van der Waals surface area contributed by atoms with Crippen LogP contribution in [0.4, 0.5) is 0 Å². The van der Waals surface area contributed by atoms with Gasteiger partial charge in [0.2, 0.25) is 0 Å². The highest BCUT2D eigenvalue weighted by atomic mass is 16.4. The number of carboxylic acids is 1. The smallest absolute Gasteiger partial charge is 0.300 e. The van der Waals surface area contributed by atoms with E-state index >= 15 is 0 Å². The van der Waals surface area contributed by atoms with Gasteiger partial charge in [0.05, 0.1) is 0 Å². The molecular formula is C6H12O3. The van der Waals surface area contributed by atoms with E-state index in [4.69, 9.17) is 9.90 Å². The molecule has 0 radical (unpaired) electrons. The van der Waals surface area contributed by atoms with E-state index in [0.717, 1.165) is 13.2 Å². The Morgan fingerprint density at radius 2 is 1.67 bits per heavy atom. The van der Waals surface area contributed by atoms with Crippen molar-refractivity contribution in [3.63, 3.8) is 0 Å². The molecule has 0 aliphatic rings. The summed E-state index contributed by atoms with van der Waals surface area (Å²) in [5.74, 6) is -0.630. The van der Waals surface area contributed by atoms with Crippen LogP contribution in [0.5, 0.6) is 0 Å². The zero-order valence-electron chi connectivity index (χ0n) is 5.92. The standard InChI is InChI=1S/C4H8O.C2H4O2/c1-4(2)3-5;1-2(3)4/h3-4H,1-2H3;1H3,(H,3,4). The molecule has 0 aliphatic heterocycles. The lowest BCUT2D eigenvalue weighted by molar-refractivity contribution is -0.134. The van der Waals surface area contributed by atoms with Gasteiger partial charge in [-0.05, 0) is 0 Å². The van der Waals surface area contributed by atoms with Gasteiger partial charge in [0.15, 0.2) is 0 Å². The van der Waals surface area contributed by atoms with Crippen molar-refractivity contribution in [1.82, 2.24) is 0 Å². The summed E-state index contributed by atoms with van der Waals surface area (Å²) in [6, 6.07) is 0. The van der Waals surface area contributed by atoms with Crippen LogP contribution in [0.2, 0.25) is 0 Å². The summed E-state index contributed by atoms with van der Waals surface area (Å²) in [7, 11) is 0. The molecule has 0 amide bonds. The lowest BCUT2D eigenvalue weighted by atomic mass is 10.3. The monoisotopic (exact) mass is 132 g/mol. The Morgan fingerprint density at radius 3 is 1.67 bits per heavy atom. The largest absolute Gasteiger partial charge is 0.481 e. The summed E-state index contributed by atoms with van der Waals surface area (Å²) in [6.07, 6.45) is 0.917. The fourth-order valence-electron chi connectivity index (χ4n) is 0. The van der Waals surface area contributed by atoms with Crippen LogP contribution in [-0.2, 0) is 9.59 Å². The van der Waals surface area contributed by atoms with Gasteiger partial charge >= 0.3 is 0 Å². The molecule has 0 saturated heterocycles. The summed E-state index contributed by atoms with van der Waals surface area (Å²) in [5.41, 5.74) is 0. The van der Waals surface area contributed by atoms with Crippen LogP contribution in [0, 0.1) is 5.92 Å². The Morgan fingerprint density at radius 1 is 1.56 bits per heavy atom. The lowest BCUT2D eigenvalue weighted by Gasteiger charge is -1.78. The molecule has 0 heterocycles. The van der Waals surface area contributed by atoms with Gasteiger partial charge in [-0.3, -0.25) is 4.79 Å². The number of hydrogen-bond acceptors (Lipinski definition) is 2. The van der Waals surface area contributed by atoms with Gasteiger partial charge in [-0.1, -0.05) is 13.8 Å². The average Bonchev–Trinajstić information content (AvgIpc) is 1.65. The molecule has 0 fully saturated rings. The van der Waals surface area contributed by atoms with Crippen molar-refractivity contribution in [3.05, 3.63) is 0 Å². The average molecular weight is 132 g/mol. The number of carboxylic acid groups (broad SMARTS) is 1. The van der Waals surface area contributed by atoms with Crippen LogP contribution in [-0.4, -0.2) is 17.4 Å². The highest BCUT2D eigenvalue weighted by Gasteiger charge is 1.79. The molecule has 0 unspecified atom stereocenters. The number of aliphatic carboxylic acids is 1. The van der Waals surface area contributed by atoms with Crippen molar-refractivity contribution in [2.24, 2.45) is 5.92 Å². The van der Waals surface area contributed by atoms with E-state index in [1.165, 1.54) is 0 Å². The van der Waals surface area contributed by atoms with E-state index in [0.29, 0.717) is 0 Å². The molecule has 0 aromatic carbocycles. The molecule has 54 valence electrons. The van der Waals surface area contributed by atoms with E-state index in [-0.39, 0.29) is 5.92 Å². The van der Waals surface area contributed by atoms with Gasteiger partial charge in [0.25, 0.3) is 5.97 Å². The van der Waals surface area contributed by atoms with Crippen molar-refractivity contribution >= 4 is 12.3 Å². The van der Waals surface area contributed by atoms with Crippen LogP contribution in [0.1, 0.15) is 20.8 Å². The third kappa shape index (κ3) is 145. The Kier molecular flexibility index (Phi) is 8.73. The van der Waals surface area contributed by atoms with E-state index in [2.05, 4.69) is 0 Å². The van der Waals surface area contributed by atoms with Crippen molar-refractivity contribution in [2.75, 3.05) is 0 Å². The highest BCUT2D eigenvalue weighted by molar-refractivity contribution is 5.62. The number of carbonyl (C=O) groups is 2. The van der Waals surface area contributed by atoms with Crippen molar-refractivity contribution < 1.29 is 14.7 Å². The van der Waals surface area contributed by atoms with E-state index in [1.807, 2.05) is 13.8 Å². The first kappa shape index (κ1) is 11.0. The highest BCUT2D eigenvalue weighted by Crippen LogP contribution is 1.78. The normalized spacial score (nSPS) is 7.56. The second-order valence-corrected chi connectivity index (χ2v) is 1.90. The number of rotatable bonds is 1. The Balaban J connectivity index is 0. The minimum absolute atomic E-state index is 0.204. The third-order valence-electron chi connectivity index (χ3n) is 0.272. The van der Waals surface area contributed by atoms with Crippen LogP contribution < -0.4 is 0 Å². The summed E-state index contributed by atoms with van der Waals surface area (Å²) >= 11 is 0. The van der Waals surface area contributed by atoms with E-state index < -0.39 is 5.97 Å². The van der Waals surface area contributed by atoms with E-state index in [1.54, 1.807) is 0 Å². The molecule has 0 rings (SSSR count). The summed E-state index contributed by atoms with van der Waals surface area (Å²) in [4.78, 5) is 18.5. The topological polar surface area (TPSA) is 54.4 Å². The molecule has 0 bridgehead atoms. The molecule has 0 aromatic rings.